The Morgan fingerprint density at radius 1 is 0.950 bits per heavy atom. The predicted molar refractivity (Wildman–Crippen MR) is 159 cm³/mol. The Balaban J connectivity index is 1.17. The van der Waals surface area contributed by atoms with Crippen LogP contribution >= 0.6 is 0 Å². The van der Waals surface area contributed by atoms with Crippen molar-refractivity contribution in [1.29, 1.82) is 0 Å². The number of pyridine rings is 2. The molecular weight excluding hydrogens is 502 g/mol. The van der Waals surface area contributed by atoms with E-state index in [-0.39, 0.29) is 22.9 Å². The van der Waals surface area contributed by atoms with Crippen molar-refractivity contribution in [3.05, 3.63) is 46.0 Å². The highest BCUT2D eigenvalue weighted by Gasteiger charge is 2.26. The van der Waals surface area contributed by atoms with E-state index in [0.29, 0.717) is 23.0 Å². The lowest BCUT2D eigenvalue weighted by Gasteiger charge is -2.38. The lowest BCUT2D eigenvalue weighted by Crippen LogP contribution is -2.48. The second-order valence-corrected chi connectivity index (χ2v) is 11.9. The van der Waals surface area contributed by atoms with E-state index in [1.54, 1.807) is 10.8 Å². The fraction of sp³-hybridized carbons (Fsp3) is 0.581. The number of nitrogens with one attached hydrogen (secondary N) is 1. The molecule has 2 saturated carbocycles. The van der Waals surface area contributed by atoms with Crippen molar-refractivity contribution in [1.82, 2.24) is 24.4 Å². The second kappa shape index (κ2) is 11.6. The molecule has 0 bridgehead atoms. The zero-order valence-corrected chi connectivity index (χ0v) is 23.9. The topological polar surface area (TPSA) is 96.2 Å². The van der Waals surface area contributed by atoms with Crippen molar-refractivity contribution in [3.8, 4) is 0 Å². The first-order chi connectivity index (χ1) is 19.5. The number of hydrogen-bond acceptors (Lipinski definition) is 8. The van der Waals surface area contributed by atoms with Gasteiger partial charge in [-0.15, -0.1) is 0 Å². The van der Waals surface area contributed by atoms with E-state index in [1.165, 1.54) is 45.6 Å². The quantitative estimate of drug-likeness (QED) is 0.403. The molecule has 2 aliphatic carbocycles. The number of piperazine rings is 1. The van der Waals surface area contributed by atoms with E-state index < -0.39 is 0 Å². The number of carbonyl (C=O) groups excluding carboxylic acids is 1. The molecule has 0 atom stereocenters. The molecule has 1 aliphatic heterocycles. The Bertz CT molecular complexity index is 1410. The van der Waals surface area contributed by atoms with Gasteiger partial charge in [0.05, 0.1) is 17.4 Å². The van der Waals surface area contributed by atoms with Gasteiger partial charge in [-0.2, -0.15) is 4.98 Å². The highest BCUT2D eigenvalue weighted by molar-refractivity contribution is 5.99. The van der Waals surface area contributed by atoms with Crippen molar-refractivity contribution in [3.63, 3.8) is 0 Å². The van der Waals surface area contributed by atoms with Crippen LogP contribution in [0.3, 0.4) is 0 Å². The summed E-state index contributed by atoms with van der Waals surface area (Å²) >= 11 is 0. The third-order valence-corrected chi connectivity index (χ3v) is 9.22. The fourth-order valence-corrected chi connectivity index (χ4v) is 6.99. The molecule has 1 N–H and O–H groups in total. The third kappa shape index (κ3) is 5.48. The van der Waals surface area contributed by atoms with Crippen LogP contribution in [-0.4, -0.2) is 62.9 Å². The van der Waals surface area contributed by atoms with E-state index in [0.717, 1.165) is 68.9 Å². The molecule has 212 valence electrons. The average Bonchev–Trinajstić information content (AvgIpc) is 3.49. The van der Waals surface area contributed by atoms with Gasteiger partial charge in [-0.3, -0.25) is 19.1 Å². The summed E-state index contributed by atoms with van der Waals surface area (Å²) < 4.78 is 1.74. The summed E-state index contributed by atoms with van der Waals surface area (Å²) in [6.45, 7) is 8.78. The lowest BCUT2D eigenvalue weighted by molar-refractivity contribution is 0.101. The van der Waals surface area contributed by atoms with E-state index in [9.17, 15) is 9.59 Å². The summed E-state index contributed by atoms with van der Waals surface area (Å²) in [5, 5.41) is 3.97. The minimum absolute atomic E-state index is 0.0528. The molecule has 3 fully saturated rings. The van der Waals surface area contributed by atoms with E-state index in [1.807, 2.05) is 19.2 Å². The van der Waals surface area contributed by atoms with Crippen LogP contribution in [0.5, 0.6) is 0 Å². The molecule has 40 heavy (non-hydrogen) atoms. The number of ketones is 1. The van der Waals surface area contributed by atoms with Crippen LogP contribution in [0.2, 0.25) is 0 Å². The SMILES string of the molecule is CC(=O)c1c(C)c2cnc(Nc3ccc(N4CCN(CC5CCCCC5)CC4)cn3)nc2n(C2CCCC2)c1=O. The zero-order valence-electron chi connectivity index (χ0n) is 23.9. The fourth-order valence-electron chi connectivity index (χ4n) is 6.99. The van der Waals surface area contributed by atoms with Crippen LogP contribution in [0.15, 0.2) is 29.3 Å². The van der Waals surface area contributed by atoms with Gasteiger partial charge in [0, 0.05) is 50.3 Å². The Morgan fingerprint density at radius 3 is 2.35 bits per heavy atom. The number of carbonyl (C=O) groups is 1. The summed E-state index contributed by atoms with van der Waals surface area (Å²) in [6.07, 6.45) is 14.6. The molecule has 0 spiro atoms. The molecular formula is C31H41N7O2. The molecule has 3 aliphatic rings. The largest absolute Gasteiger partial charge is 0.368 e. The maximum absolute atomic E-state index is 13.5. The predicted octanol–water partition coefficient (Wildman–Crippen LogP) is 5.26. The Morgan fingerprint density at radius 2 is 1.68 bits per heavy atom. The molecule has 3 aromatic heterocycles. The first-order valence-corrected chi connectivity index (χ1v) is 15.1. The van der Waals surface area contributed by atoms with Crippen LogP contribution in [0.4, 0.5) is 17.5 Å². The molecule has 1 saturated heterocycles. The molecule has 0 aromatic carbocycles. The molecule has 0 unspecified atom stereocenters. The third-order valence-electron chi connectivity index (χ3n) is 9.22. The highest BCUT2D eigenvalue weighted by atomic mass is 16.1. The van der Waals surface area contributed by atoms with Crippen molar-refractivity contribution < 1.29 is 4.79 Å². The number of nitrogens with zero attached hydrogens (tertiary/aromatic N) is 6. The number of hydrogen-bond donors (Lipinski definition) is 1. The van der Waals surface area contributed by atoms with Gasteiger partial charge in [0.25, 0.3) is 5.56 Å². The molecule has 0 radical (unpaired) electrons. The van der Waals surface area contributed by atoms with Crippen molar-refractivity contribution in [2.45, 2.75) is 77.7 Å². The van der Waals surface area contributed by atoms with Crippen LogP contribution in [0.1, 0.15) is 86.7 Å². The van der Waals surface area contributed by atoms with Gasteiger partial charge in [0.15, 0.2) is 5.78 Å². The summed E-state index contributed by atoms with van der Waals surface area (Å²) in [6, 6.07) is 4.12. The number of rotatable bonds is 7. The second-order valence-electron chi connectivity index (χ2n) is 11.9. The number of fused-ring (bicyclic) bond motifs is 1. The molecule has 9 nitrogen and oxygen atoms in total. The maximum Gasteiger partial charge on any atom is 0.263 e. The number of aryl methyl sites for hydroxylation is 1. The minimum Gasteiger partial charge on any atom is -0.368 e. The number of anilines is 3. The van der Waals surface area contributed by atoms with Gasteiger partial charge in [-0.25, -0.2) is 9.97 Å². The number of Topliss-reactive ketones (excluding diaryl/α,β-unsaturated/α-hetero) is 1. The first kappa shape index (κ1) is 26.9. The molecule has 0 amide bonds. The van der Waals surface area contributed by atoms with Gasteiger partial charge < -0.3 is 10.2 Å². The van der Waals surface area contributed by atoms with Crippen LogP contribution < -0.4 is 15.8 Å². The minimum atomic E-state index is -0.240. The molecule has 9 heteroatoms. The molecule has 3 aromatic rings. The van der Waals surface area contributed by atoms with Gasteiger partial charge in [-0.1, -0.05) is 32.1 Å². The van der Waals surface area contributed by atoms with Crippen LogP contribution in [0, 0.1) is 12.8 Å². The summed E-state index contributed by atoms with van der Waals surface area (Å²) in [5.41, 5.74) is 2.37. The normalized spacial score (nSPS) is 19.4. The Labute approximate surface area is 236 Å². The van der Waals surface area contributed by atoms with E-state index in [2.05, 4.69) is 31.2 Å². The van der Waals surface area contributed by atoms with Crippen molar-refractivity contribution in [2.75, 3.05) is 42.9 Å². The van der Waals surface area contributed by atoms with Gasteiger partial charge in [0.1, 0.15) is 11.5 Å². The number of aromatic nitrogens is 4. The average molecular weight is 544 g/mol. The molecule has 4 heterocycles. The maximum atomic E-state index is 13.5. The lowest BCUT2D eigenvalue weighted by atomic mass is 9.89. The van der Waals surface area contributed by atoms with Crippen molar-refractivity contribution >= 4 is 34.3 Å². The Kier molecular flexibility index (Phi) is 7.82. The van der Waals surface area contributed by atoms with E-state index >= 15 is 0 Å². The van der Waals surface area contributed by atoms with Crippen molar-refractivity contribution in [2.24, 2.45) is 5.92 Å². The summed E-state index contributed by atoms with van der Waals surface area (Å²) in [5.74, 6) is 1.72. The monoisotopic (exact) mass is 543 g/mol. The smallest absolute Gasteiger partial charge is 0.263 e. The van der Waals surface area contributed by atoms with Gasteiger partial charge >= 0.3 is 0 Å². The van der Waals surface area contributed by atoms with Crippen LogP contribution in [-0.2, 0) is 0 Å². The summed E-state index contributed by atoms with van der Waals surface area (Å²) in [4.78, 5) is 44.8. The summed E-state index contributed by atoms with van der Waals surface area (Å²) in [7, 11) is 0. The van der Waals surface area contributed by atoms with E-state index in [4.69, 9.17) is 4.98 Å². The highest BCUT2D eigenvalue weighted by Crippen LogP contribution is 2.32. The zero-order chi connectivity index (χ0) is 27.6. The Hall–Kier alpha value is -3.33. The standard InChI is InChI=1S/C31H41N7O2/c1-21-26-19-33-31(35-29(26)38(24-10-6-7-11-24)30(40)28(21)22(2)39)34-27-13-12-25(18-32-27)37-16-14-36(15-17-37)20-23-8-4-3-5-9-23/h12-13,18-19,23-24H,3-11,14-17,20H2,1-2H3,(H,32,33,34,35). The van der Waals surface area contributed by atoms with Crippen LogP contribution in [0.25, 0.3) is 11.0 Å². The van der Waals surface area contributed by atoms with Gasteiger partial charge in [0.2, 0.25) is 5.95 Å². The molecule has 6 rings (SSSR count). The first-order valence-electron chi connectivity index (χ1n) is 15.1. The van der Waals surface area contributed by atoms with Gasteiger partial charge in [-0.05, 0) is 63.1 Å².